The standard InChI is InChI=1S/C19H25N5O/c1-3-16-13(2)17(23-19(20)22-16)21-15-10-7-11-24(12-15)18(25)14-8-5-4-6-9-14/h4-6,8-9,15H,3,7,10-12H2,1-2H3,(H3,20,21,22,23)/t15-/m0/s1. The van der Waals surface area contributed by atoms with Crippen molar-refractivity contribution in [2.24, 2.45) is 0 Å². The fourth-order valence-corrected chi connectivity index (χ4v) is 3.30. The number of hydrogen-bond donors (Lipinski definition) is 2. The molecule has 0 radical (unpaired) electrons. The molecule has 1 amide bonds. The van der Waals surface area contributed by atoms with E-state index < -0.39 is 0 Å². The molecular formula is C19H25N5O. The molecule has 6 nitrogen and oxygen atoms in total. The maximum Gasteiger partial charge on any atom is 0.253 e. The fraction of sp³-hybridized carbons (Fsp3) is 0.421. The number of nitrogens with two attached hydrogens (primary N) is 1. The highest BCUT2D eigenvalue weighted by Gasteiger charge is 2.25. The summed E-state index contributed by atoms with van der Waals surface area (Å²) in [7, 11) is 0. The number of rotatable bonds is 4. The third-order valence-electron chi connectivity index (χ3n) is 4.67. The lowest BCUT2D eigenvalue weighted by molar-refractivity contribution is 0.0714. The van der Waals surface area contributed by atoms with Crippen molar-refractivity contribution in [3.05, 3.63) is 47.2 Å². The molecule has 6 heteroatoms. The molecule has 1 atom stereocenters. The number of amides is 1. The highest BCUT2D eigenvalue weighted by Crippen LogP contribution is 2.21. The van der Waals surface area contributed by atoms with E-state index in [1.807, 2.05) is 42.2 Å². The van der Waals surface area contributed by atoms with Gasteiger partial charge < -0.3 is 16.0 Å². The van der Waals surface area contributed by atoms with Crippen LogP contribution in [0.3, 0.4) is 0 Å². The molecule has 2 heterocycles. The lowest BCUT2D eigenvalue weighted by Crippen LogP contribution is -2.45. The molecule has 1 aromatic heterocycles. The molecule has 1 aromatic carbocycles. The van der Waals surface area contributed by atoms with Gasteiger partial charge in [-0.05, 0) is 38.3 Å². The topological polar surface area (TPSA) is 84.1 Å². The molecule has 1 saturated heterocycles. The molecule has 2 aromatic rings. The average molecular weight is 339 g/mol. The lowest BCUT2D eigenvalue weighted by atomic mass is 10.0. The Hall–Kier alpha value is -2.63. The number of nitrogens with one attached hydrogen (secondary N) is 1. The SMILES string of the molecule is CCc1nc(N)nc(N[C@H]2CCCN(C(=O)c3ccccc3)C2)c1C. The highest BCUT2D eigenvalue weighted by molar-refractivity contribution is 5.94. The monoisotopic (exact) mass is 339 g/mol. The Balaban J connectivity index is 1.72. The van der Waals surface area contributed by atoms with Crippen LogP contribution in [0.15, 0.2) is 30.3 Å². The molecule has 132 valence electrons. The van der Waals surface area contributed by atoms with E-state index >= 15 is 0 Å². The summed E-state index contributed by atoms with van der Waals surface area (Å²) in [6.07, 6.45) is 2.79. The van der Waals surface area contributed by atoms with Crippen LogP contribution >= 0.6 is 0 Å². The molecule has 3 rings (SSSR count). The third kappa shape index (κ3) is 3.90. The zero-order valence-corrected chi connectivity index (χ0v) is 14.8. The third-order valence-corrected chi connectivity index (χ3v) is 4.67. The van der Waals surface area contributed by atoms with E-state index in [2.05, 4.69) is 22.2 Å². The van der Waals surface area contributed by atoms with Crippen LogP contribution in [-0.4, -0.2) is 39.9 Å². The summed E-state index contributed by atoms with van der Waals surface area (Å²) in [6, 6.07) is 9.60. The summed E-state index contributed by atoms with van der Waals surface area (Å²) < 4.78 is 0. The molecular weight excluding hydrogens is 314 g/mol. The van der Waals surface area contributed by atoms with Crippen LogP contribution in [0.2, 0.25) is 0 Å². The van der Waals surface area contributed by atoms with Gasteiger partial charge in [0.1, 0.15) is 5.82 Å². The largest absolute Gasteiger partial charge is 0.368 e. The van der Waals surface area contributed by atoms with Crippen molar-refractivity contribution in [2.75, 3.05) is 24.1 Å². The maximum absolute atomic E-state index is 12.7. The highest BCUT2D eigenvalue weighted by atomic mass is 16.2. The van der Waals surface area contributed by atoms with E-state index in [4.69, 9.17) is 5.73 Å². The number of carbonyl (C=O) groups excluding carboxylic acids is 1. The first-order chi connectivity index (χ1) is 12.1. The first-order valence-electron chi connectivity index (χ1n) is 8.82. The summed E-state index contributed by atoms with van der Waals surface area (Å²) >= 11 is 0. The van der Waals surface area contributed by atoms with E-state index in [0.29, 0.717) is 6.54 Å². The molecule has 1 fully saturated rings. The van der Waals surface area contributed by atoms with Crippen molar-refractivity contribution in [3.63, 3.8) is 0 Å². The number of carbonyl (C=O) groups is 1. The van der Waals surface area contributed by atoms with Crippen molar-refractivity contribution in [2.45, 2.75) is 39.2 Å². The number of aromatic nitrogens is 2. The van der Waals surface area contributed by atoms with Gasteiger partial charge in [0.15, 0.2) is 0 Å². The van der Waals surface area contributed by atoms with Gasteiger partial charge in [-0.15, -0.1) is 0 Å². The van der Waals surface area contributed by atoms with Gasteiger partial charge in [-0.2, -0.15) is 4.98 Å². The van der Waals surface area contributed by atoms with Crippen molar-refractivity contribution in [1.29, 1.82) is 0 Å². The summed E-state index contributed by atoms with van der Waals surface area (Å²) in [5.41, 5.74) is 8.56. The van der Waals surface area contributed by atoms with Crippen LogP contribution in [0.4, 0.5) is 11.8 Å². The number of benzene rings is 1. The molecule has 3 N–H and O–H groups in total. The normalized spacial score (nSPS) is 17.4. The van der Waals surface area contributed by atoms with E-state index in [1.54, 1.807) is 0 Å². The number of aryl methyl sites for hydroxylation is 1. The maximum atomic E-state index is 12.7. The van der Waals surface area contributed by atoms with Crippen LogP contribution in [0.1, 0.15) is 41.4 Å². The Morgan fingerprint density at radius 1 is 1.32 bits per heavy atom. The van der Waals surface area contributed by atoms with Crippen molar-refractivity contribution in [1.82, 2.24) is 14.9 Å². The predicted octanol–water partition coefficient (Wildman–Crippen LogP) is 2.65. The molecule has 25 heavy (non-hydrogen) atoms. The van der Waals surface area contributed by atoms with Gasteiger partial charge in [0, 0.05) is 30.3 Å². The first-order valence-corrected chi connectivity index (χ1v) is 8.82. The second kappa shape index (κ2) is 7.51. The van der Waals surface area contributed by atoms with Crippen LogP contribution in [0.25, 0.3) is 0 Å². The Labute approximate surface area is 148 Å². The van der Waals surface area contributed by atoms with Gasteiger partial charge in [0.25, 0.3) is 5.91 Å². The second-order valence-corrected chi connectivity index (χ2v) is 6.46. The Bertz CT molecular complexity index is 747. The van der Waals surface area contributed by atoms with Gasteiger partial charge in [0.05, 0.1) is 5.69 Å². The summed E-state index contributed by atoms with van der Waals surface area (Å²) in [5, 5.41) is 3.48. The Morgan fingerprint density at radius 3 is 2.80 bits per heavy atom. The number of hydrogen-bond acceptors (Lipinski definition) is 5. The van der Waals surface area contributed by atoms with Crippen molar-refractivity contribution >= 4 is 17.7 Å². The van der Waals surface area contributed by atoms with Gasteiger partial charge >= 0.3 is 0 Å². The van der Waals surface area contributed by atoms with E-state index in [0.717, 1.165) is 48.4 Å². The Kier molecular flexibility index (Phi) is 5.16. The molecule has 1 aliphatic heterocycles. The van der Waals surface area contributed by atoms with Gasteiger partial charge in [-0.3, -0.25) is 4.79 Å². The smallest absolute Gasteiger partial charge is 0.253 e. The van der Waals surface area contributed by atoms with Gasteiger partial charge in [-0.1, -0.05) is 25.1 Å². The minimum Gasteiger partial charge on any atom is -0.368 e. The first kappa shape index (κ1) is 17.2. The van der Waals surface area contributed by atoms with E-state index in [-0.39, 0.29) is 17.9 Å². The van der Waals surface area contributed by atoms with Crippen LogP contribution in [0.5, 0.6) is 0 Å². The molecule has 0 aliphatic carbocycles. The predicted molar refractivity (Wildman–Crippen MR) is 99.5 cm³/mol. The summed E-state index contributed by atoms with van der Waals surface area (Å²) in [5.74, 6) is 1.15. The average Bonchev–Trinajstić information content (AvgIpc) is 2.64. The number of nitrogen functional groups attached to an aromatic ring is 1. The van der Waals surface area contributed by atoms with Crippen LogP contribution < -0.4 is 11.1 Å². The molecule has 0 spiro atoms. The number of anilines is 2. The number of likely N-dealkylation sites (tertiary alicyclic amines) is 1. The van der Waals surface area contributed by atoms with E-state index in [1.165, 1.54) is 0 Å². The van der Waals surface area contributed by atoms with Crippen LogP contribution in [0, 0.1) is 6.92 Å². The lowest BCUT2D eigenvalue weighted by Gasteiger charge is -2.34. The zero-order chi connectivity index (χ0) is 17.8. The number of piperidine rings is 1. The minimum atomic E-state index is 0.0836. The Morgan fingerprint density at radius 2 is 2.08 bits per heavy atom. The summed E-state index contributed by atoms with van der Waals surface area (Å²) in [6.45, 7) is 5.52. The van der Waals surface area contributed by atoms with Crippen molar-refractivity contribution in [3.8, 4) is 0 Å². The fourth-order valence-electron chi connectivity index (χ4n) is 3.30. The van der Waals surface area contributed by atoms with E-state index in [9.17, 15) is 4.79 Å². The molecule has 0 saturated carbocycles. The van der Waals surface area contributed by atoms with Crippen LogP contribution in [-0.2, 0) is 6.42 Å². The van der Waals surface area contributed by atoms with Gasteiger partial charge in [-0.25, -0.2) is 4.98 Å². The quantitative estimate of drug-likeness (QED) is 0.894. The molecule has 1 aliphatic rings. The zero-order valence-electron chi connectivity index (χ0n) is 14.8. The number of nitrogens with zero attached hydrogens (tertiary/aromatic N) is 3. The van der Waals surface area contributed by atoms with Gasteiger partial charge in [0.2, 0.25) is 5.95 Å². The molecule has 0 unspecified atom stereocenters. The minimum absolute atomic E-state index is 0.0836. The summed E-state index contributed by atoms with van der Waals surface area (Å²) in [4.78, 5) is 23.2. The molecule has 0 bridgehead atoms. The van der Waals surface area contributed by atoms with Crippen molar-refractivity contribution < 1.29 is 4.79 Å². The second-order valence-electron chi connectivity index (χ2n) is 6.46.